The molecule has 2 aliphatic heterocycles. The molecule has 2 aromatic heterocycles. The number of benzene rings is 1. The second kappa shape index (κ2) is 14.3. The highest BCUT2D eigenvalue weighted by Crippen LogP contribution is 2.45. The minimum absolute atomic E-state index is 0.0241. The number of carbonyl (C=O) groups excluding carboxylic acids is 1. The number of carbonyl (C=O) groups is 1. The second-order valence-electron chi connectivity index (χ2n) is 13.5. The van der Waals surface area contributed by atoms with Gasteiger partial charge in [-0.1, -0.05) is 0 Å². The third-order valence-corrected chi connectivity index (χ3v) is 10.2. The van der Waals surface area contributed by atoms with Crippen molar-refractivity contribution < 1.29 is 13.9 Å². The van der Waals surface area contributed by atoms with Gasteiger partial charge in [-0.25, -0.2) is 24.3 Å². The van der Waals surface area contributed by atoms with E-state index < -0.39 is 5.82 Å². The van der Waals surface area contributed by atoms with Crippen molar-refractivity contribution in [2.45, 2.75) is 77.8 Å². The van der Waals surface area contributed by atoms with Gasteiger partial charge in [-0.3, -0.25) is 4.79 Å². The molecule has 1 N–H and O–H groups in total. The molecular formula is C35H47FN8O2. The van der Waals surface area contributed by atoms with Crippen molar-refractivity contribution in [1.82, 2.24) is 29.7 Å². The fourth-order valence-corrected chi connectivity index (χ4v) is 7.57. The van der Waals surface area contributed by atoms with E-state index in [4.69, 9.17) is 4.74 Å². The molecule has 3 fully saturated rings. The maximum absolute atomic E-state index is 14.3. The Morgan fingerprint density at radius 3 is 2.54 bits per heavy atom. The Balaban J connectivity index is 1.03. The van der Waals surface area contributed by atoms with E-state index in [1.54, 1.807) is 23.5 Å². The molecule has 10 nitrogen and oxygen atoms in total. The van der Waals surface area contributed by atoms with Gasteiger partial charge in [0.05, 0.1) is 11.8 Å². The van der Waals surface area contributed by atoms with Crippen LogP contribution in [0.1, 0.15) is 76.1 Å². The Labute approximate surface area is 271 Å². The van der Waals surface area contributed by atoms with Gasteiger partial charge in [-0.05, 0) is 114 Å². The molecule has 0 radical (unpaired) electrons. The molecule has 0 bridgehead atoms. The predicted octanol–water partition coefficient (Wildman–Crippen LogP) is 6.03. The average Bonchev–Trinajstić information content (AvgIpc) is 3.53. The number of piperidine rings is 1. The van der Waals surface area contributed by atoms with Crippen LogP contribution in [0.2, 0.25) is 0 Å². The summed E-state index contributed by atoms with van der Waals surface area (Å²) in [4.78, 5) is 37.5. The number of nitrogens with zero attached hydrogens (tertiary/aromatic N) is 7. The summed E-state index contributed by atoms with van der Waals surface area (Å²) in [5.74, 6) is 2.02. The molecule has 0 unspecified atom stereocenters. The quantitative estimate of drug-likeness (QED) is 0.288. The number of hydrogen-bond acceptors (Lipinski definition) is 9. The SMILES string of the molecule is CCN(C(=O)c1cc(F)ccc1Oc1cncnc1N1CC[C@@H](CN2CCC3(CCC(Nc4ncccn4)CC3)CC2)C1)C(C)C. The summed E-state index contributed by atoms with van der Waals surface area (Å²) in [6.07, 6.45) is 15.3. The molecule has 1 atom stereocenters. The molecule has 246 valence electrons. The molecule has 1 saturated carbocycles. The van der Waals surface area contributed by atoms with Gasteiger partial charge in [0.15, 0.2) is 11.6 Å². The van der Waals surface area contributed by atoms with Crippen LogP contribution in [0.25, 0.3) is 0 Å². The Morgan fingerprint density at radius 2 is 1.83 bits per heavy atom. The lowest BCUT2D eigenvalue weighted by Crippen LogP contribution is -2.45. The van der Waals surface area contributed by atoms with Gasteiger partial charge in [0.25, 0.3) is 5.91 Å². The fraction of sp³-hybridized carbons (Fsp3) is 0.571. The molecule has 46 heavy (non-hydrogen) atoms. The number of hydrogen-bond donors (Lipinski definition) is 1. The molecule has 6 rings (SSSR count). The predicted molar refractivity (Wildman–Crippen MR) is 177 cm³/mol. The molecule has 11 heteroatoms. The van der Waals surface area contributed by atoms with E-state index in [1.807, 2.05) is 26.8 Å². The van der Waals surface area contributed by atoms with E-state index in [1.165, 1.54) is 63.1 Å². The van der Waals surface area contributed by atoms with Crippen LogP contribution in [0.4, 0.5) is 16.2 Å². The Hall–Kier alpha value is -3.86. The highest BCUT2D eigenvalue weighted by Gasteiger charge is 2.39. The van der Waals surface area contributed by atoms with Crippen LogP contribution in [0, 0.1) is 17.2 Å². The maximum atomic E-state index is 14.3. The van der Waals surface area contributed by atoms with Crippen LogP contribution in [-0.2, 0) is 0 Å². The van der Waals surface area contributed by atoms with Crippen LogP contribution in [0.3, 0.4) is 0 Å². The molecular weight excluding hydrogens is 583 g/mol. The topological polar surface area (TPSA) is 99.6 Å². The first-order chi connectivity index (χ1) is 22.3. The number of anilines is 2. The number of rotatable bonds is 10. The lowest BCUT2D eigenvalue weighted by Gasteiger charge is -2.46. The number of halogens is 1. The monoisotopic (exact) mass is 630 g/mol. The van der Waals surface area contributed by atoms with Crippen molar-refractivity contribution in [2.75, 3.05) is 49.5 Å². The largest absolute Gasteiger partial charge is 0.451 e. The van der Waals surface area contributed by atoms with Crippen LogP contribution in [0.5, 0.6) is 11.5 Å². The molecule has 1 spiro atoms. The van der Waals surface area contributed by atoms with Crippen LogP contribution in [-0.4, -0.2) is 87.0 Å². The molecule has 1 aliphatic carbocycles. The van der Waals surface area contributed by atoms with E-state index >= 15 is 0 Å². The highest BCUT2D eigenvalue weighted by atomic mass is 19.1. The van der Waals surface area contributed by atoms with Gasteiger partial charge >= 0.3 is 0 Å². The molecule has 3 aliphatic rings. The fourth-order valence-electron chi connectivity index (χ4n) is 7.57. The lowest BCUT2D eigenvalue weighted by atomic mass is 9.67. The summed E-state index contributed by atoms with van der Waals surface area (Å²) in [7, 11) is 0. The van der Waals surface area contributed by atoms with Gasteiger partial charge in [0.1, 0.15) is 17.9 Å². The molecule has 3 aromatic rings. The minimum Gasteiger partial charge on any atom is -0.451 e. The zero-order valence-electron chi connectivity index (χ0n) is 27.4. The Morgan fingerprint density at radius 1 is 1.07 bits per heavy atom. The molecule has 2 saturated heterocycles. The van der Waals surface area contributed by atoms with Crippen molar-refractivity contribution in [3.63, 3.8) is 0 Å². The smallest absolute Gasteiger partial charge is 0.257 e. The van der Waals surface area contributed by atoms with E-state index in [0.717, 1.165) is 45.1 Å². The maximum Gasteiger partial charge on any atom is 0.257 e. The van der Waals surface area contributed by atoms with E-state index in [9.17, 15) is 9.18 Å². The summed E-state index contributed by atoms with van der Waals surface area (Å²) in [6.45, 7) is 11.5. The lowest BCUT2D eigenvalue weighted by molar-refractivity contribution is 0.0583. The van der Waals surface area contributed by atoms with Gasteiger partial charge < -0.3 is 24.8 Å². The van der Waals surface area contributed by atoms with Crippen molar-refractivity contribution in [3.05, 3.63) is 60.6 Å². The highest BCUT2D eigenvalue weighted by molar-refractivity contribution is 5.97. The molecule has 1 aromatic carbocycles. The Kier molecular flexibility index (Phi) is 9.96. The summed E-state index contributed by atoms with van der Waals surface area (Å²) in [6, 6.07) is 6.38. The van der Waals surface area contributed by atoms with E-state index in [0.29, 0.717) is 41.2 Å². The first-order valence-corrected chi connectivity index (χ1v) is 16.9. The van der Waals surface area contributed by atoms with Gasteiger partial charge in [0.2, 0.25) is 5.95 Å². The first kappa shape index (κ1) is 32.1. The number of amides is 1. The number of nitrogens with one attached hydrogen (secondary N) is 1. The van der Waals surface area contributed by atoms with Crippen LogP contribution in [0.15, 0.2) is 49.2 Å². The summed E-state index contributed by atoms with van der Waals surface area (Å²) in [5, 5.41) is 3.53. The second-order valence-corrected chi connectivity index (χ2v) is 13.5. The standard InChI is InChI=1S/C35H47FN8O2/c1-4-44(25(2)3)33(45)29-20-27(36)6-7-30(29)46-31-21-37-24-40-32(31)43-17-10-26(23-43)22-42-18-13-35(14-19-42)11-8-28(9-12-35)41-34-38-15-5-16-39-34/h5-7,15-16,20-21,24-26,28H,4,8-14,17-19,22-23H2,1-3H3,(H,38,39,41)/t26-/m0/s1. The summed E-state index contributed by atoms with van der Waals surface area (Å²) in [5.41, 5.74) is 0.674. The number of aromatic nitrogens is 4. The molecule has 4 heterocycles. The summed E-state index contributed by atoms with van der Waals surface area (Å²) >= 11 is 0. The van der Waals surface area contributed by atoms with Crippen molar-refractivity contribution in [1.29, 1.82) is 0 Å². The number of ether oxygens (including phenoxy) is 1. The van der Waals surface area contributed by atoms with Gasteiger partial charge in [0, 0.05) is 50.7 Å². The zero-order valence-corrected chi connectivity index (χ0v) is 27.4. The third kappa shape index (κ3) is 7.40. The van der Waals surface area contributed by atoms with Crippen LogP contribution >= 0.6 is 0 Å². The van der Waals surface area contributed by atoms with Crippen molar-refractivity contribution in [3.8, 4) is 11.5 Å². The average molecular weight is 631 g/mol. The third-order valence-electron chi connectivity index (χ3n) is 10.2. The van der Waals surface area contributed by atoms with Crippen LogP contribution < -0.4 is 15.0 Å². The zero-order chi connectivity index (χ0) is 32.1. The van der Waals surface area contributed by atoms with Crippen molar-refractivity contribution in [2.24, 2.45) is 11.3 Å². The summed E-state index contributed by atoms with van der Waals surface area (Å²) < 4.78 is 20.6. The number of likely N-dealkylation sites (tertiary alicyclic amines) is 1. The first-order valence-electron chi connectivity index (χ1n) is 16.9. The van der Waals surface area contributed by atoms with Gasteiger partial charge in [-0.2, -0.15) is 0 Å². The van der Waals surface area contributed by atoms with E-state index in [2.05, 4.69) is 35.1 Å². The van der Waals surface area contributed by atoms with Gasteiger partial charge in [-0.15, -0.1) is 0 Å². The van der Waals surface area contributed by atoms with E-state index in [-0.39, 0.29) is 17.5 Å². The van der Waals surface area contributed by atoms with Crippen molar-refractivity contribution >= 4 is 17.7 Å². The minimum atomic E-state index is -0.478. The molecule has 1 amide bonds. The normalized spacial score (nSPS) is 20.3. The Bertz CT molecular complexity index is 1460.